The smallest absolute Gasteiger partial charge is 0.416 e. The number of aromatic nitrogens is 1. The van der Waals surface area contributed by atoms with Gasteiger partial charge in [-0.15, -0.1) is 11.8 Å². The molecular formula is C42H40F5N3O4S. The number of halogens is 5. The maximum Gasteiger partial charge on any atom is 0.416 e. The van der Waals surface area contributed by atoms with Gasteiger partial charge in [-0.2, -0.15) is 13.2 Å². The molecule has 1 aliphatic rings. The first-order chi connectivity index (χ1) is 26.1. The largest absolute Gasteiger partial charge is 0.444 e. The zero-order chi connectivity index (χ0) is 39.5. The Hall–Kier alpha value is -5.17. The molecule has 0 unspecified atom stereocenters. The van der Waals surface area contributed by atoms with Crippen LogP contribution in [0.5, 0.6) is 0 Å². The normalized spacial score (nSPS) is 13.9. The Kier molecular flexibility index (Phi) is 11.7. The molecule has 0 aliphatic carbocycles. The van der Waals surface area contributed by atoms with E-state index < -0.39 is 35.1 Å². The summed E-state index contributed by atoms with van der Waals surface area (Å²) in [6, 6.07) is 24.1. The number of benzene rings is 4. The summed E-state index contributed by atoms with van der Waals surface area (Å²) in [4.78, 5) is 44.0. The van der Waals surface area contributed by atoms with Gasteiger partial charge < -0.3 is 19.1 Å². The molecule has 1 saturated heterocycles. The number of alkyl halides is 3. The van der Waals surface area contributed by atoms with Gasteiger partial charge in [-0.1, -0.05) is 60.7 Å². The van der Waals surface area contributed by atoms with Crippen LogP contribution in [0.2, 0.25) is 0 Å². The lowest BCUT2D eigenvalue weighted by atomic mass is 10.00. The van der Waals surface area contributed by atoms with E-state index in [9.17, 15) is 36.3 Å². The van der Waals surface area contributed by atoms with Crippen molar-refractivity contribution in [3.8, 4) is 11.1 Å². The quantitative estimate of drug-likeness (QED) is 0.110. The van der Waals surface area contributed by atoms with E-state index in [1.165, 1.54) is 30.3 Å². The van der Waals surface area contributed by atoms with Crippen molar-refractivity contribution in [2.45, 2.75) is 75.3 Å². The number of likely N-dealkylation sites (tertiary alicyclic amines) is 1. The van der Waals surface area contributed by atoms with Crippen LogP contribution in [0.4, 0.5) is 26.7 Å². The monoisotopic (exact) mass is 777 g/mol. The van der Waals surface area contributed by atoms with Crippen molar-refractivity contribution in [3.05, 3.63) is 136 Å². The molecule has 1 fully saturated rings. The van der Waals surface area contributed by atoms with Crippen LogP contribution in [0.1, 0.15) is 50.3 Å². The van der Waals surface area contributed by atoms with E-state index in [4.69, 9.17) is 4.74 Å². The summed E-state index contributed by atoms with van der Waals surface area (Å²) in [6.07, 6.45) is -3.93. The highest BCUT2D eigenvalue weighted by Gasteiger charge is 2.33. The summed E-state index contributed by atoms with van der Waals surface area (Å²) >= 11 is 1.12. The summed E-state index contributed by atoms with van der Waals surface area (Å²) in [6.45, 7) is 6.12. The third-order valence-electron chi connectivity index (χ3n) is 9.41. The molecule has 0 saturated carbocycles. The molecule has 0 spiro atoms. The van der Waals surface area contributed by atoms with Gasteiger partial charge in [0.05, 0.1) is 16.1 Å². The minimum absolute atomic E-state index is 0.00762. The Balaban J connectivity index is 1.29. The minimum Gasteiger partial charge on any atom is -0.444 e. The second kappa shape index (κ2) is 16.3. The van der Waals surface area contributed by atoms with Crippen molar-refractivity contribution in [1.82, 2.24) is 14.4 Å². The van der Waals surface area contributed by atoms with E-state index in [2.05, 4.69) is 0 Å². The predicted molar refractivity (Wildman–Crippen MR) is 202 cm³/mol. The number of piperidine rings is 1. The van der Waals surface area contributed by atoms with Gasteiger partial charge in [0.25, 0.3) is 0 Å². The lowest BCUT2D eigenvalue weighted by Crippen LogP contribution is -2.50. The first-order valence-electron chi connectivity index (χ1n) is 17.8. The number of thioether (sulfide) groups is 1. The molecule has 1 aliphatic heterocycles. The van der Waals surface area contributed by atoms with Gasteiger partial charge in [-0.25, -0.2) is 13.6 Å². The number of carbonyl (C=O) groups is 2. The average Bonchev–Trinajstić information content (AvgIpc) is 3.15. The van der Waals surface area contributed by atoms with E-state index in [-0.39, 0.29) is 41.8 Å². The van der Waals surface area contributed by atoms with Crippen LogP contribution in [0.3, 0.4) is 0 Å². The van der Waals surface area contributed by atoms with E-state index >= 15 is 0 Å². The number of nitrogens with zero attached hydrogens (tertiary/aromatic N) is 3. The van der Waals surface area contributed by atoms with Crippen molar-refractivity contribution in [2.24, 2.45) is 0 Å². The third kappa shape index (κ3) is 9.56. The molecule has 1 aromatic heterocycles. The fourth-order valence-electron chi connectivity index (χ4n) is 6.58. The van der Waals surface area contributed by atoms with E-state index in [0.29, 0.717) is 53.0 Å². The molecule has 2 amide bonds. The second-order valence-electron chi connectivity index (χ2n) is 14.4. The molecule has 0 bridgehead atoms. The first kappa shape index (κ1) is 39.5. The molecule has 55 heavy (non-hydrogen) atoms. The lowest BCUT2D eigenvalue weighted by molar-refractivity contribution is -0.138. The molecule has 0 N–H and O–H groups in total. The molecule has 7 nitrogen and oxygen atoms in total. The van der Waals surface area contributed by atoms with Crippen LogP contribution in [0.15, 0.2) is 107 Å². The summed E-state index contributed by atoms with van der Waals surface area (Å²) in [5.41, 5.74) is 1.02. The topological polar surface area (TPSA) is 71.8 Å². The fourth-order valence-corrected chi connectivity index (χ4v) is 7.62. The van der Waals surface area contributed by atoms with Crippen LogP contribution in [-0.4, -0.2) is 51.1 Å². The molecule has 0 radical (unpaired) electrons. The average molecular weight is 778 g/mol. The molecular weight excluding hydrogens is 738 g/mol. The fraction of sp³-hybridized carbons (Fsp3) is 0.310. The predicted octanol–water partition coefficient (Wildman–Crippen LogP) is 9.69. The van der Waals surface area contributed by atoms with Crippen molar-refractivity contribution in [3.63, 3.8) is 0 Å². The Morgan fingerprint density at radius 1 is 0.855 bits per heavy atom. The van der Waals surface area contributed by atoms with Gasteiger partial charge in [0.15, 0.2) is 17.1 Å². The van der Waals surface area contributed by atoms with Crippen LogP contribution in [0.25, 0.3) is 22.0 Å². The van der Waals surface area contributed by atoms with Gasteiger partial charge in [-0.05, 0) is 80.6 Å². The Bertz CT molecular complexity index is 2230. The first-order valence-corrected chi connectivity index (χ1v) is 18.8. The zero-order valence-corrected chi connectivity index (χ0v) is 31.4. The van der Waals surface area contributed by atoms with Gasteiger partial charge in [0.2, 0.25) is 5.91 Å². The standard InChI is InChI=1S/C42H40F5N3O4S/c1-41(2,3)54-40(53)48-21-19-32(20-22-48)49(24-27-11-13-28(14-12-27)29-15-17-31(18-16-29)42(45,46)47)37(52)25-50-35-10-5-4-8-33(35)36(51)23-38(50)55-26-30-7-6-9-34(43)39(30)44/h4-18,23,32H,19-22,24-26H2,1-3H3. The zero-order valence-electron chi connectivity index (χ0n) is 30.5. The van der Waals surface area contributed by atoms with Crippen molar-refractivity contribution in [1.29, 1.82) is 0 Å². The van der Waals surface area contributed by atoms with E-state index in [1.807, 2.05) is 12.1 Å². The molecule has 6 rings (SSSR count). The van der Waals surface area contributed by atoms with Gasteiger partial charge >= 0.3 is 12.3 Å². The van der Waals surface area contributed by atoms with Gasteiger partial charge in [0, 0.05) is 48.4 Å². The molecule has 13 heteroatoms. The highest BCUT2D eigenvalue weighted by Crippen LogP contribution is 2.32. The Morgan fingerprint density at radius 2 is 1.49 bits per heavy atom. The van der Waals surface area contributed by atoms with E-state index in [1.54, 1.807) is 71.5 Å². The number of hydrogen-bond acceptors (Lipinski definition) is 5. The highest BCUT2D eigenvalue weighted by atomic mass is 32.2. The second-order valence-corrected chi connectivity index (χ2v) is 15.4. The maximum absolute atomic E-state index is 14.6. The van der Waals surface area contributed by atoms with Gasteiger partial charge in [-0.3, -0.25) is 9.59 Å². The van der Waals surface area contributed by atoms with Crippen LogP contribution in [-0.2, 0) is 34.6 Å². The molecule has 4 aromatic carbocycles. The number of hydrogen-bond donors (Lipinski definition) is 0. The minimum atomic E-state index is -4.44. The van der Waals surface area contributed by atoms with Crippen molar-refractivity contribution in [2.75, 3.05) is 13.1 Å². The number of pyridine rings is 1. The molecule has 2 heterocycles. The number of rotatable bonds is 9. The Labute approximate surface area is 319 Å². The number of carbonyl (C=O) groups excluding carboxylic acids is 2. The maximum atomic E-state index is 14.6. The molecule has 5 aromatic rings. The van der Waals surface area contributed by atoms with Crippen LogP contribution >= 0.6 is 11.8 Å². The number of fused-ring (bicyclic) bond motifs is 1. The van der Waals surface area contributed by atoms with Gasteiger partial charge in [0.1, 0.15) is 12.1 Å². The highest BCUT2D eigenvalue weighted by molar-refractivity contribution is 7.98. The van der Waals surface area contributed by atoms with Crippen molar-refractivity contribution < 1.29 is 36.3 Å². The summed E-state index contributed by atoms with van der Waals surface area (Å²) in [5.74, 6) is -2.22. The number of amides is 2. The summed E-state index contributed by atoms with van der Waals surface area (Å²) < 4.78 is 75.3. The Morgan fingerprint density at radius 3 is 2.13 bits per heavy atom. The lowest BCUT2D eigenvalue weighted by Gasteiger charge is -2.39. The van der Waals surface area contributed by atoms with E-state index in [0.717, 1.165) is 35.5 Å². The summed E-state index contributed by atoms with van der Waals surface area (Å²) in [5, 5.41) is 0.800. The number of ether oxygens (including phenoxy) is 1. The third-order valence-corrected chi connectivity index (χ3v) is 10.5. The number of para-hydroxylation sites is 1. The molecule has 0 atom stereocenters. The molecule has 288 valence electrons. The van der Waals surface area contributed by atoms with Crippen molar-refractivity contribution >= 4 is 34.7 Å². The summed E-state index contributed by atoms with van der Waals surface area (Å²) in [7, 11) is 0. The van der Waals surface area contributed by atoms with Crippen LogP contribution < -0.4 is 5.43 Å². The SMILES string of the molecule is CC(C)(C)OC(=O)N1CCC(N(Cc2ccc(-c3ccc(C(F)(F)F)cc3)cc2)C(=O)Cn2c(SCc3cccc(F)c3F)cc(=O)c3ccccc32)CC1. The van der Waals surface area contributed by atoms with Crippen LogP contribution in [0, 0.1) is 11.6 Å².